The fourth-order valence-electron chi connectivity index (χ4n) is 7.44. The first-order valence-corrected chi connectivity index (χ1v) is 20.4. The number of nitrogens with one attached hydrogen (secondary N) is 1. The van der Waals surface area contributed by atoms with Gasteiger partial charge in [0.05, 0.1) is 46.2 Å². The molecule has 2 N–H and O–H groups in total. The minimum absolute atomic E-state index is 0. The van der Waals surface area contributed by atoms with E-state index >= 15 is 0 Å². The molecule has 316 valence electrons. The molecule has 2 aromatic rings. The monoisotopic (exact) mass is 842 g/mol. The van der Waals surface area contributed by atoms with Crippen molar-refractivity contribution < 1.29 is 52.9 Å². The number of carboxylic acid groups (broad SMARTS) is 1. The van der Waals surface area contributed by atoms with Gasteiger partial charge >= 0.3 is 17.9 Å². The van der Waals surface area contributed by atoms with E-state index in [4.69, 9.17) is 9.47 Å². The fourth-order valence-corrected chi connectivity index (χ4v) is 10.1. The number of rotatable bonds is 11. The van der Waals surface area contributed by atoms with E-state index in [0.29, 0.717) is 54.9 Å². The summed E-state index contributed by atoms with van der Waals surface area (Å²) in [5.41, 5.74) is 1.13. The number of benzene rings is 2. The first-order valence-electron chi connectivity index (χ1n) is 18.3. The summed E-state index contributed by atoms with van der Waals surface area (Å²) in [6.07, 6.45) is 3.11. The Morgan fingerprint density at radius 2 is 1.31 bits per heavy atom. The second kappa shape index (κ2) is 20.8. The van der Waals surface area contributed by atoms with E-state index in [1.807, 2.05) is 0 Å². The number of nitrogens with zero attached hydrogens (tertiary/aromatic N) is 3. The van der Waals surface area contributed by atoms with E-state index in [2.05, 4.69) is 5.32 Å². The van der Waals surface area contributed by atoms with Crippen molar-refractivity contribution in [1.29, 1.82) is 0 Å². The van der Waals surface area contributed by atoms with Gasteiger partial charge in [0, 0.05) is 11.5 Å². The Kier molecular flexibility index (Phi) is 17.1. The molecule has 3 fully saturated rings. The molecule has 3 saturated heterocycles. The predicted octanol–water partition coefficient (Wildman–Crippen LogP) is 5.08. The molecule has 0 aromatic heterocycles. The van der Waals surface area contributed by atoms with Gasteiger partial charge in [-0.05, 0) is 76.6 Å². The van der Waals surface area contributed by atoms with Crippen LogP contribution in [-0.2, 0) is 28.7 Å². The van der Waals surface area contributed by atoms with Crippen LogP contribution < -0.4 is 5.32 Å². The molecule has 5 aliphatic heterocycles. The zero-order chi connectivity index (χ0) is 39.4. The molecule has 0 spiro atoms. The van der Waals surface area contributed by atoms with Crippen LogP contribution in [0, 0.1) is 0 Å². The molecule has 5 aliphatic rings. The van der Waals surface area contributed by atoms with Crippen LogP contribution in [0.3, 0.4) is 0 Å². The molecule has 5 heterocycles. The molecule has 3 unspecified atom stereocenters. The number of carbonyl (C=O) groups excluding carboxylic acids is 7. The average Bonchev–Trinajstić information content (AvgIpc) is 3.92. The van der Waals surface area contributed by atoms with Crippen molar-refractivity contribution in [2.75, 3.05) is 24.7 Å². The first-order chi connectivity index (χ1) is 26.5. The van der Waals surface area contributed by atoms with Crippen LogP contribution in [0.15, 0.2) is 48.5 Å². The van der Waals surface area contributed by atoms with Crippen LogP contribution in [0.4, 0.5) is 0 Å². The highest BCUT2D eigenvalue weighted by Crippen LogP contribution is 2.39. The third kappa shape index (κ3) is 9.42. The lowest BCUT2D eigenvalue weighted by atomic mass is 10.1. The molecule has 5 amide bonds. The molecular weight excluding hydrogens is 789 g/mol. The van der Waals surface area contributed by atoms with Crippen molar-refractivity contribution in [3.63, 3.8) is 0 Å². The standard InChI is InChI=1S/C19H22N2O6S.C19H20N2O5S.3CH4/c1-2-27-19(26)13-10-28-15(20-13)9-5-8-14(18(24)25)21-16(22)11-6-3-4-7-12(11)17(21)23;1-2-26-19(25)14-10-27-15-9-5-8-13(18(24)20(14)15)21-16(22)11-6-3-4-7-12(11)17(21)23;;;/h3-4,6-7,13-15,20H,2,5,8-10H2,1H3,(H,24,25);3-4,6-7,13-15H,2,5,8-10H2,1H3;3*1H4/t13?,14-,15?;13-,14-,15?;;;/m00.../s1. The summed E-state index contributed by atoms with van der Waals surface area (Å²) in [5, 5.41) is 12.6. The summed E-state index contributed by atoms with van der Waals surface area (Å²) in [7, 11) is 0. The van der Waals surface area contributed by atoms with Crippen LogP contribution in [0.5, 0.6) is 0 Å². The van der Waals surface area contributed by atoms with Gasteiger partial charge in [-0.3, -0.25) is 43.9 Å². The van der Waals surface area contributed by atoms with E-state index < -0.39 is 53.7 Å². The quantitative estimate of drug-likeness (QED) is 0.225. The fraction of sp³-hybridized carbons (Fsp3) is 0.512. The highest BCUT2D eigenvalue weighted by atomic mass is 32.2. The highest BCUT2D eigenvalue weighted by Gasteiger charge is 2.51. The van der Waals surface area contributed by atoms with Gasteiger partial charge in [0.1, 0.15) is 24.2 Å². The number of ether oxygens (including phenoxy) is 2. The number of hydrogen-bond donors (Lipinski definition) is 2. The number of thioether (sulfide) groups is 2. The normalized spacial score (nSPS) is 23.5. The molecule has 2 aromatic carbocycles. The van der Waals surface area contributed by atoms with Crippen LogP contribution >= 0.6 is 23.5 Å². The van der Waals surface area contributed by atoms with Gasteiger partial charge in [-0.2, -0.15) is 0 Å². The number of amides is 5. The van der Waals surface area contributed by atoms with Crippen molar-refractivity contribution in [2.24, 2.45) is 0 Å². The third-order valence-electron chi connectivity index (χ3n) is 10.0. The Morgan fingerprint density at radius 3 is 1.84 bits per heavy atom. The number of imide groups is 2. The summed E-state index contributed by atoms with van der Waals surface area (Å²) in [6, 6.07) is 9.85. The maximum absolute atomic E-state index is 13.3. The van der Waals surface area contributed by atoms with Gasteiger partial charge < -0.3 is 19.5 Å². The minimum Gasteiger partial charge on any atom is -0.480 e. The molecule has 15 nitrogen and oxygen atoms in total. The number of fused-ring (bicyclic) bond motifs is 3. The van der Waals surface area contributed by atoms with E-state index in [0.717, 1.165) is 16.2 Å². The van der Waals surface area contributed by atoms with Crippen molar-refractivity contribution in [2.45, 2.75) is 110 Å². The van der Waals surface area contributed by atoms with E-state index in [9.17, 15) is 43.5 Å². The Hall–Kier alpha value is -4.74. The zero-order valence-corrected chi connectivity index (χ0v) is 32.0. The second-order valence-corrected chi connectivity index (χ2v) is 15.8. The zero-order valence-electron chi connectivity index (χ0n) is 30.3. The van der Waals surface area contributed by atoms with Crippen molar-refractivity contribution in [1.82, 2.24) is 20.0 Å². The lowest BCUT2D eigenvalue weighted by Crippen LogP contribution is -2.54. The van der Waals surface area contributed by atoms with Crippen LogP contribution in [0.2, 0.25) is 0 Å². The average molecular weight is 843 g/mol. The largest absolute Gasteiger partial charge is 0.480 e. The summed E-state index contributed by atoms with van der Waals surface area (Å²) >= 11 is 3.14. The van der Waals surface area contributed by atoms with Crippen LogP contribution in [0.25, 0.3) is 0 Å². The molecule has 17 heteroatoms. The summed E-state index contributed by atoms with van der Waals surface area (Å²) in [4.78, 5) is 103. The number of aliphatic carboxylic acids is 1. The first kappa shape index (κ1) is 47.6. The topological polar surface area (TPSA) is 197 Å². The maximum atomic E-state index is 13.3. The summed E-state index contributed by atoms with van der Waals surface area (Å²) in [6.45, 7) is 4.05. The van der Waals surface area contributed by atoms with Gasteiger partial charge in [0.15, 0.2) is 0 Å². The summed E-state index contributed by atoms with van der Waals surface area (Å²) in [5.74, 6) is -3.18. The van der Waals surface area contributed by atoms with Gasteiger partial charge in [-0.1, -0.05) is 46.5 Å². The number of carboxylic acids is 1. The number of carbonyl (C=O) groups is 8. The van der Waals surface area contributed by atoms with E-state index in [1.165, 1.54) is 12.1 Å². The Labute approximate surface area is 347 Å². The van der Waals surface area contributed by atoms with Gasteiger partial charge in [-0.15, -0.1) is 23.5 Å². The molecule has 7 rings (SSSR count). The van der Waals surface area contributed by atoms with Gasteiger partial charge in [-0.25, -0.2) is 9.59 Å². The Morgan fingerprint density at radius 1 is 0.776 bits per heavy atom. The molecule has 0 bridgehead atoms. The third-order valence-corrected chi connectivity index (χ3v) is 12.7. The van der Waals surface area contributed by atoms with Crippen molar-refractivity contribution in [3.05, 3.63) is 70.8 Å². The lowest BCUT2D eigenvalue weighted by Gasteiger charge is -2.31. The lowest BCUT2D eigenvalue weighted by molar-refractivity contribution is -0.154. The van der Waals surface area contributed by atoms with Crippen LogP contribution in [0.1, 0.15) is 116 Å². The number of esters is 2. The van der Waals surface area contributed by atoms with E-state index in [-0.39, 0.29) is 75.1 Å². The molecular formula is C41H54N4O11S2. The highest BCUT2D eigenvalue weighted by molar-refractivity contribution is 8.00. The summed E-state index contributed by atoms with van der Waals surface area (Å²) < 4.78 is 10.1. The van der Waals surface area contributed by atoms with Crippen molar-refractivity contribution in [3.8, 4) is 0 Å². The second-order valence-electron chi connectivity index (χ2n) is 13.4. The predicted molar refractivity (Wildman–Crippen MR) is 220 cm³/mol. The van der Waals surface area contributed by atoms with Gasteiger partial charge in [0.2, 0.25) is 5.91 Å². The Balaban J connectivity index is 0.000000295. The van der Waals surface area contributed by atoms with Crippen LogP contribution in [-0.4, -0.2) is 127 Å². The molecule has 0 radical (unpaired) electrons. The van der Waals surface area contributed by atoms with Gasteiger partial charge in [0.25, 0.3) is 23.6 Å². The number of hydrogen-bond acceptors (Lipinski definition) is 13. The molecule has 58 heavy (non-hydrogen) atoms. The molecule has 0 aliphatic carbocycles. The van der Waals surface area contributed by atoms with Crippen molar-refractivity contribution >= 4 is 71.0 Å². The Bertz CT molecular complexity index is 1820. The SMILES string of the molecule is C.C.C.CCOC(=O)C1CSC(CCC[C@@H](C(=O)O)N2C(=O)c3ccccc3C2=O)N1.CCOC(=O)[C@@H]1CSC2CCC[C@H](N3C(=O)c4ccccc4C3=O)C(=O)N21. The molecule has 0 saturated carbocycles. The maximum Gasteiger partial charge on any atom is 0.329 e. The van der Waals surface area contributed by atoms with E-state index in [1.54, 1.807) is 78.7 Å². The smallest absolute Gasteiger partial charge is 0.329 e. The molecule has 6 atom stereocenters. The minimum atomic E-state index is -1.21.